The van der Waals surface area contributed by atoms with Gasteiger partial charge in [0.05, 0.1) is 6.42 Å². The van der Waals surface area contributed by atoms with Crippen molar-refractivity contribution in [2.45, 2.75) is 26.3 Å². The van der Waals surface area contributed by atoms with Crippen molar-refractivity contribution in [3.05, 3.63) is 43.0 Å². The summed E-state index contributed by atoms with van der Waals surface area (Å²) in [5, 5.41) is 0.769. The molecule has 0 heterocycles. The first-order valence-corrected chi connectivity index (χ1v) is 8.14. The van der Waals surface area contributed by atoms with Gasteiger partial charge < -0.3 is 8.85 Å². The van der Waals surface area contributed by atoms with Gasteiger partial charge in [-0.05, 0) is 0 Å². The normalized spacial score (nSPS) is 13.2. The fourth-order valence-electron chi connectivity index (χ4n) is 1.75. The van der Waals surface area contributed by atoms with E-state index in [9.17, 15) is 9.59 Å². The lowest BCUT2D eigenvalue weighted by molar-refractivity contribution is -0.139. The molecule has 0 saturated heterocycles. The third kappa shape index (κ3) is 4.06. The molecule has 0 fully saturated rings. The third-order valence-corrected chi connectivity index (χ3v) is 5.90. The van der Waals surface area contributed by atoms with Gasteiger partial charge in [0.2, 0.25) is 0 Å². The van der Waals surface area contributed by atoms with E-state index in [4.69, 9.17) is 8.85 Å². The molecule has 1 atom stereocenters. The lowest BCUT2D eigenvalue weighted by Gasteiger charge is -2.28. The second kappa shape index (κ2) is 6.89. The van der Waals surface area contributed by atoms with Gasteiger partial charge in [-0.15, -0.1) is 6.58 Å². The molecule has 0 bridgehead atoms. The molecule has 0 aliphatic heterocycles. The van der Waals surface area contributed by atoms with Crippen molar-refractivity contribution in [2.24, 2.45) is 0 Å². The maximum Gasteiger partial charge on any atom is 0.499 e. The zero-order valence-electron chi connectivity index (χ0n) is 11.2. The van der Waals surface area contributed by atoms with Gasteiger partial charge in [-0.2, -0.15) is 0 Å². The summed E-state index contributed by atoms with van der Waals surface area (Å²) in [6.45, 7) is 6.67. The molecule has 0 saturated carbocycles. The lowest BCUT2D eigenvalue weighted by Crippen LogP contribution is -2.55. The molecule has 0 aliphatic carbocycles. The molecule has 0 spiro atoms. The standard InChI is InChI=1S/C14H18O4Si/c1-4-9-14(16)18-19(5-2,17-12(3)15)13-10-7-6-8-11-13/h4,6-8,10-11H,1,5,9H2,2-3H3. The highest BCUT2D eigenvalue weighted by Gasteiger charge is 2.45. The Morgan fingerprint density at radius 1 is 1.26 bits per heavy atom. The Morgan fingerprint density at radius 3 is 2.37 bits per heavy atom. The fraction of sp³-hybridized carbons (Fsp3) is 0.286. The van der Waals surface area contributed by atoms with E-state index in [0.29, 0.717) is 6.04 Å². The number of benzene rings is 1. The lowest BCUT2D eigenvalue weighted by atomic mass is 10.4. The van der Waals surface area contributed by atoms with Gasteiger partial charge in [-0.1, -0.05) is 43.3 Å². The van der Waals surface area contributed by atoms with E-state index in [-0.39, 0.29) is 6.42 Å². The molecule has 102 valence electrons. The first-order chi connectivity index (χ1) is 9.04. The van der Waals surface area contributed by atoms with Crippen molar-refractivity contribution in [2.75, 3.05) is 0 Å². The molecule has 0 aliphatic rings. The Kier molecular flexibility index (Phi) is 5.50. The van der Waals surface area contributed by atoms with Crippen LogP contribution in [0.4, 0.5) is 0 Å². The molecule has 0 radical (unpaired) electrons. The maximum atomic E-state index is 11.7. The van der Waals surface area contributed by atoms with Crippen molar-refractivity contribution in [1.82, 2.24) is 0 Å². The summed E-state index contributed by atoms with van der Waals surface area (Å²) >= 11 is 0. The molecule has 0 amide bonds. The zero-order chi connectivity index (χ0) is 14.3. The number of carbonyl (C=O) groups excluding carboxylic acids is 2. The second-order valence-electron chi connectivity index (χ2n) is 4.03. The summed E-state index contributed by atoms with van der Waals surface area (Å²) in [7, 11) is -3.06. The van der Waals surface area contributed by atoms with E-state index in [1.54, 1.807) is 0 Å². The maximum absolute atomic E-state index is 11.7. The van der Waals surface area contributed by atoms with Crippen LogP contribution in [0.25, 0.3) is 0 Å². The predicted octanol–water partition coefficient (Wildman–Crippen LogP) is 2.04. The van der Waals surface area contributed by atoms with E-state index < -0.39 is 20.5 Å². The fourth-order valence-corrected chi connectivity index (χ4v) is 4.34. The highest BCUT2D eigenvalue weighted by Crippen LogP contribution is 2.15. The van der Waals surface area contributed by atoms with Gasteiger partial charge in [0.15, 0.2) is 0 Å². The summed E-state index contributed by atoms with van der Waals surface area (Å²) in [6, 6.07) is 9.63. The highest BCUT2D eigenvalue weighted by atomic mass is 28.4. The van der Waals surface area contributed by atoms with Crippen LogP contribution in [0.3, 0.4) is 0 Å². The molecular formula is C14H18O4Si. The van der Waals surface area contributed by atoms with Gasteiger partial charge in [-0.25, -0.2) is 0 Å². The Hall–Kier alpha value is -1.88. The minimum Gasteiger partial charge on any atom is -0.482 e. The third-order valence-electron chi connectivity index (χ3n) is 2.58. The van der Waals surface area contributed by atoms with Crippen molar-refractivity contribution in [1.29, 1.82) is 0 Å². The monoisotopic (exact) mass is 278 g/mol. The summed E-state index contributed by atoms with van der Waals surface area (Å²) in [6.07, 6.45) is 1.57. The van der Waals surface area contributed by atoms with Crippen LogP contribution in [-0.2, 0) is 18.4 Å². The summed E-state index contributed by atoms with van der Waals surface area (Å²) in [5.41, 5.74) is 0. The SMILES string of the molecule is C=CCC(=O)O[Si](CC)(OC(C)=O)c1ccccc1. The number of hydrogen-bond acceptors (Lipinski definition) is 4. The van der Waals surface area contributed by atoms with Gasteiger partial charge in [0.1, 0.15) is 0 Å². The molecule has 1 aromatic carbocycles. The van der Waals surface area contributed by atoms with Gasteiger partial charge in [0, 0.05) is 18.2 Å². The molecule has 5 heteroatoms. The second-order valence-corrected chi connectivity index (χ2v) is 7.23. The highest BCUT2D eigenvalue weighted by molar-refractivity contribution is 6.83. The number of hydrogen-bond donors (Lipinski definition) is 0. The minimum atomic E-state index is -3.06. The molecule has 1 aromatic rings. The molecule has 0 aromatic heterocycles. The Morgan fingerprint density at radius 2 is 1.89 bits per heavy atom. The summed E-state index contributed by atoms with van der Waals surface area (Å²) < 4.78 is 10.9. The van der Waals surface area contributed by atoms with Gasteiger partial charge >= 0.3 is 8.56 Å². The molecule has 4 nitrogen and oxygen atoms in total. The van der Waals surface area contributed by atoms with Crippen molar-refractivity contribution in [3.63, 3.8) is 0 Å². The van der Waals surface area contributed by atoms with Crippen LogP contribution in [0.2, 0.25) is 6.04 Å². The Balaban J connectivity index is 3.11. The first-order valence-electron chi connectivity index (χ1n) is 6.12. The molecule has 1 unspecified atom stereocenters. The average Bonchev–Trinajstić information content (AvgIpc) is 2.38. The van der Waals surface area contributed by atoms with E-state index in [2.05, 4.69) is 6.58 Å². The number of rotatable bonds is 6. The van der Waals surface area contributed by atoms with Crippen LogP contribution in [-0.4, -0.2) is 20.5 Å². The van der Waals surface area contributed by atoms with Gasteiger partial charge in [0.25, 0.3) is 11.9 Å². The van der Waals surface area contributed by atoms with E-state index in [1.807, 2.05) is 37.3 Å². The topological polar surface area (TPSA) is 52.6 Å². The van der Waals surface area contributed by atoms with Crippen molar-refractivity contribution < 1.29 is 18.4 Å². The van der Waals surface area contributed by atoms with Crippen LogP contribution in [0.1, 0.15) is 20.3 Å². The van der Waals surface area contributed by atoms with Crippen molar-refractivity contribution >= 4 is 25.7 Å². The summed E-state index contributed by atoms with van der Waals surface area (Å²) in [5.74, 6) is -0.864. The van der Waals surface area contributed by atoms with E-state index in [1.165, 1.54) is 13.0 Å². The molecule has 0 N–H and O–H groups in total. The van der Waals surface area contributed by atoms with Crippen LogP contribution in [0.15, 0.2) is 43.0 Å². The minimum absolute atomic E-state index is 0.100. The average molecular weight is 278 g/mol. The Bertz CT molecular complexity index is 458. The van der Waals surface area contributed by atoms with Crippen LogP contribution >= 0.6 is 0 Å². The Labute approximate surface area is 114 Å². The van der Waals surface area contributed by atoms with Crippen LogP contribution < -0.4 is 5.19 Å². The van der Waals surface area contributed by atoms with Crippen LogP contribution in [0.5, 0.6) is 0 Å². The van der Waals surface area contributed by atoms with Gasteiger partial charge in [-0.3, -0.25) is 9.59 Å². The zero-order valence-corrected chi connectivity index (χ0v) is 12.2. The van der Waals surface area contributed by atoms with E-state index in [0.717, 1.165) is 5.19 Å². The molecule has 19 heavy (non-hydrogen) atoms. The van der Waals surface area contributed by atoms with Crippen LogP contribution in [0, 0.1) is 0 Å². The smallest absolute Gasteiger partial charge is 0.482 e. The van der Waals surface area contributed by atoms with E-state index >= 15 is 0 Å². The number of carbonyl (C=O) groups is 2. The predicted molar refractivity (Wildman–Crippen MR) is 75.0 cm³/mol. The quantitative estimate of drug-likeness (QED) is 0.590. The molecule has 1 rings (SSSR count). The first kappa shape index (κ1) is 15.2. The molecular weight excluding hydrogens is 260 g/mol. The summed E-state index contributed by atoms with van der Waals surface area (Å²) in [4.78, 5) is 23.1. The van der Waals surface area contributed by atoms with Crippen molar-refractivity contribution in [3.8, 4) is 0 Å². The largest absolute Gasteiger partial charge is 0.499 e.